The first-order chi connectivity index (χ1) is 7.89. The van der Waals surface area contributed by atoms with Crippen LogP contribution in [0.25, 0.3) is 0 Å². The maximum absolute atomic E-state index is 12.5. The molecule has 0 aliphatic heterocycles. The zero-order chi connectivity index (χ0) is 14.8. The van der Waals surface area contributed by atoms with E-state index in [1.165, 1.54) is 7.05 Å². The molecule has 0 aromatic heterocycles. The fourth-order valence-corrected chi connectivity index (χ4v) is 3.45. The van der Waals surface area contributed by atoms with Gasteiger partial charge in [0.1, 0.15) is 0 Å². The van der Waals surface area contributed by atoms with Gasteiger partial charge in [0.15, 0.2) is 0 Å². The summed E-state index contributed by atoms with van der Waals surface area (Å²) in [6.45, 7) is 2.54. The second-order valence-electron chi connectivity index (χ2n) is 3.77. The Balaban J connectivity index is 0. The van der Waals surface area contributed by atoms with Crippen molar-refractivity contribution in [2.45, 2.75) is 44.3 Å². The van der Waals surface area contributed by atoms with Crippen molar-refractivity contribution in [1.82, 2.24) is 3.11 Å². The Labute approximate surface area is 128 Å². The summed E-state index contributed by atoms with van der Waals surface area (Å²) in [7, 11) is 1.18. The van der Waals surface area contributed by atoms with E-state index >= 15 is 0 Å². The quantitative estimate of drug-likeness (QED) is 0.201. The number of halogens is 7. The fourth-order valence-electron chi connectivity index (χ4n) is 1.21. The molecule has 0 spiro atoms. The van der Waals surface area contributed by atoms with Crippen molar-refractivity contribution in [2.24, 2.45) is 0 Å². The van der Waals surface area contributed by atoms with Crippen molar-refractivity contribution in [2.75, 3.05) is 11.5 Å². The van der Waals surface area contributed by atoms with Crippen LogP contribution in [-0.4, -0.2) is 43.7 Å². The van der Waals surface area contributed by atoms with Gasteiger partial charge < -0.3 is 0 Å². The molecule has 0 aromatic carbocycles. The second-order valence-corrected chi connectivity index (χ2v) is 7.05. The Morgan fingerprint density at radius 3 is 1.74 bits per heavy atom. The van der Waals surface area contributed by atoms with E-state index in [-0.39, 0.29) is 16.5 Å². The largest absolute Gasteiger partial charge is 0 e. The molecule has 0 amide bonds. The van der Waals surface area contributed by atoms with Crippen LogP contribution in [0.5, 0.6) is 0 Å². The first-order valence-corrected chi connectivity index (χ1v) is 7.56. The van der Waals surface area contributed by atoms with Crippen molar-refractivity contribution in [3.8, 4) is 0 Å². The van der Waals surface area contributed by atoms with Gasteiger partial charge >= 0.3 is 112 Å². The van der Waals surface area contributed by atoms with Crippen LogP contribution in [0.2, 0.25) is 0 Å². The van der Waals surface area contributed by atoms with Gasteiger partial charge in [0, 0.05) is 16.5 Å². The van der Waals surface area contributed by atoms with Crippen molar-refractivity contribution in [1.29, 1.82) is 0 Å². The van der Waals surface area contributed by atoms with Crippen LogP contribution in [0.15, 0.2) is 0 Å². The minimum atomic E-state index is -5.76. The van der Waals surface area contributed by atoms with Crippen LogP contribution < -0.4 is 21.5 Å². The summed E-state index contributed by atoms with van der Waals surface area (Å²) in [5, 5.41) is 9.15. The Morgan fingerprint density at radius 1 is 1.11 bits per heavy atom. The molecule has 0 aliphatic rings. The van der Waals surface area contributed by atoms with Gasteiger partial charge in [-0.2, -0.15) is 0 Å². The maximum Gasteiger partial charge on any atom is 0 e. The van der Waals surface area contributed by atoms with Gasteiger partial charge in [-0.1, -0.05) is 0 Å². The molecule has 122 valence electrons. The van der Waals surface area contributed by atoms with Crippen LogP contribution >= 0.6 is 0 Å². The zero-order valence-corrected chi connectivity index (χ0v) is 13.5. The number of nitrogens with zero attached hydrogens (tertiary/aromatic N) is 1. The first-order valence-electron chi connectivity index (χ1n) is 5.07. The molecule has 19 heavy (non-hydrogen) atoms. The summed E-state index contributed by atoms with van der Waals surface area (Å²) in [6, 6.07) is -2.06. The summed E-state index contributed by atoms with van der Waals surface area (Å²) in [5.74, 6) is 0. The van der Waals surface area contributed by atoms with E-state index in [0.717, 1.165) is 10.0 Å². The predicted octanol–water partition coefficient (Wildman–Crippen LogP) is -0.426. The van der Waals surface area contributed by atoms with Crippen LogP contribution in [0.3, 0.4) is 0 Å². The average Bonchev–Trinajstić information content (AvgIpc) is 2.20. The van der Waals surface area contributed by atoms with E-state index in [0.29, 0.717) is 10.8 Å². The molecule has 10 heteroatoms. The molecule has 0 heterocycles. The molecule has 0 fully saturated rings. The third-order valence-electron chi connectivity index (χ3n) is 2.46. The van der Waals surface area contributed by atoms with E-state index in [9.17, 15) is 26.3 Å². The second kappa shape index (κ2) is 7.65. The van der Waals surface area contributed by atoms with Crippen LogP contribution in [0.1, 0.15) is 20.3 Å². The molecule has 2 nitrogen and oxygen atoms in total. The molecule has 1 unspecified atom stereocenters. The normalized spacial score (nSPS) is 15.5. The standard InChI is InChI=1S/C9H15F6INO.Ni/c1-4-5-16-17(3)6(2)7(18,8(10,11)12)9(13,14)15;/h6,18H,4-5H2,1-3H3;/q-1;. The summed E-state index contributed by atoms with van der Waals surface area (Å²) in [6.07, 6.45) is -10.8. The molecule has 1 N–H and O–H groups in total. The van der Waals surface area contributed by atoms with Crippen LogP contribution in [0, 0.1) is 0 Å². The molecule has 0 saturated heterocycles. The molecule has 0 rings (SSSR count). The van der Waals surface area contributed by atoms with Gasteiger partial charge in [0.25, 0.3) is 0 Å². The Kier molecular flexibility index (Phi) is 8.87. The van der Waals surface area contributed by atoms with Gasteiger partial charge in [-0.25, -0.2) is 0 Å². The monoisotopic (exact) mass is 452 g/mol. The number of hydrogen-bond acceptors (Lipinski definition) is 2. The summed E-state index contributed by atoms with van der Waals surface area (Å²) < 4.78 is 76.8. The van der Waals surface area contributed by atoms with Crippen molar-refractivity contribution >= 4 is 0 Å². The minimum absolute atomic E-state index is 0. The molecule has 1 atom stereocenters. The number of rotatable bonds is 5. The molecule has 0 saturated carbocycles. The van der Waals surface area contributed by atoms with Crippen molar-refractivity contribution in [3.63, 3.8) is 0 Å². The van der Waals surface area contributed by atoms with E-state index in [1.54, 1.807) is 6.92 Å². The van der Waals surface area contributed by atoms with Gasteiger partial charge in [0.05, 0.1) is 0 Å². The third kappa shape index (κ3) is 4.89. The molecule has 0 radical (unpaired) electrons. The minimum Gasteiger partial charge on any atom is 0 e. The number of likely N-dealkylation sites (N-methyl/N-ethyl adjacent to an activating group) is 1. The summed E-state index contributed by atoms with van der Waals surface area (Å²) in [5.41, 5.74) is -4.69. The predicted molar refractivity (Wildman–Crippen MR) is 49.4 cm³/mol. The van der Waals surface area contributed by atoms with Gasteiger partial charge in [-0.05, 0) is 0 Å². The van der Waals surface area contributed by atoms with Gasteiger partial charge in [0.2, 0.25) is 0 Å². The third-order valence-corrected chi connectivity index (χ3v) is 5.94. The molecular formula is C9H15F6INNiO-. The van der Waals surface area contributed by atoms with Gasteiger partial charge in [-0.3, -0.25) is 0 Å². The van der Waals surface area contributed by atoms with E-state index < -0.39 is 45.5 Å². The van der Waals surface area contributed by atoms with E-state index in [2.05, 4.69) is 0 Å². The Morgan fingerprint density at radius 2 is 1.47 bits per heavy atom. The molecular weight excluding hydrogens is 438 g/mol. The molecule has 0 aliphatic carbocycles. The van der Waals surface area contributed by atoms with Crippen molar-refractivity contribution in [3.05, 3.63) is 0 Å². The van der Waals surface area contributed by atoms with E-state index in [4.69, 9.17) is 5.11 Å². The number of alkyl halides is 7. The molecule has 0 bridgehead atoms. The SMILES string of the molecule is CCC[I-]N(C)C(C)C(O)(C(F)(F)F)C(F)(F)F.[Ni]. The van der Waals surface area contributed by atoms with Crippen LogP contribution in [0.4, 0.5) is 26.3 Å². The summed E-state index contributed by atoms with van der Waals surface area (Å²) in [4.78, 5) is 0. The fraction of sp³-hybridized carbons (Fsp3) is 1.00. The zero-order valence-electron chi connectivity index (χ0n) is 10.3. The first kappa shape index (κ1) is 22.0. The number of aliphatic hydroxyl groups is 1. The molecule has 0 aromatic rings. The Hall–Kier alpha value is 0.724. The smallest absolute Gasteiger partial charge is 0 e. The maximum atomic E-state index is 12.5. The topological polar surface area (TPSA) is 23.5 Å². The van der Waals surface area contributed by atoms with E-state index in [1.807, 2.05) is 0 Å². The average molecular weight is 453 g/mol. The Bertz CT molecular complexity index is 258. The number of hydrogen-bond donors (Lipinski definition) is 1. The van der Waals surface area contributed by atoms with Crippen molar-refractivity contribution < 1.29 is 69.4 Å². The summed E-state index contributed by atoms with van der Waals surface area (Å²) >= 11 is -0.968. The van der Waals surface area contributed by atoms with Crippen LogP contribution in [-0.2, 0) is 16.5 Å². The van der Waals surface area contributed by atoms with Gasteiger partial charge in [-0.15, -0.1) is 0 Å².